The van der Waals surface area contributed by atoms with Gasteiger partial charge in [0.05, 0.1) is 12.6 Å². The molecule has 0 bridgehead atoms. The number of carbonyl (C=O) groups excluding carboxylic acids is 3. The Bertz CT molecular complexity index is 1120. The Morgan fingerprint density at radius 2 is 2.03 bits per heavy atom. The number of rotatable bonds is 7. The molecule has 2 heterocycles. The fraction of sp³-hybridized carbons (Fsp3) is 0.346. The van der Waals surface area contributed by atoms with E-state index in [0.29, 0.717) is 29.0 Å². The van der Waals surface area contributed by atoms with Gasteiger partial charge in [0.15, 0.2) is 5.60 Å². The lowest BCUT2D eigenvalue weighted by molar-refractivity contribution is -0.137. The van der Waals surface area contributed by atoms with E-state index in [1.54, 1.807) is 66.4 Å². The van der Waals surface area contributed by atoms with E-state index < -0.39 is 17.4 Å². The van der Waals surface area contributed by atoms with Crippen LogP contribution in [0.15, 0.2) is 60.7 Å². The van der Waals surface area contributed by atoms with E-state index in [9.17, 15) is 24.6 Å². The molecule has 2 aromatic carbocycles. The Labute approximate surface area is 198 Å². The molecular formula is C26H29N3O5. The van der Waals surface area contributed by atoms with Gasteiger partial charge in [0.25, 0.3) is 11.8 Å². The molecule has 178 valence electrons. The number of nitrogens with zero attached hydrogens (tertiary/aromatic N) is 1. The highest BCUT2D eigenvalue weighted by Gasteiger charge is 2.48. The Kier molecular flexibility index (Phi) is 6.81. The lowest BCUT2D eigenvalue weighted by Gasteiger charge is -2.26. The maximum atomic E-state index is 12.8. The summed E-state index contributed by atoms with van der Waals surface area (Å²) in [5, 5.41) is 26.3. The number of aliphatic hydroxyl groups is 2. The van der Waals surface area contributed by atoms with E-state index in [1.807, 2.05) is 6.07 Å². The summed E-state index contributed by atoms with van der Waals surface area (Å²) in [6.45, 7) is 2.29. The number of hydrogen-bond acceptors (Lipinski definition) is 5. The molecule has 2 aliphatic heterocycles. The summed E-state index contributed by atoms with van der Waals surface area (Å²) in [5.74, 6) is -1.57. The second-order valence-electron chi connectivity index (χ2n) is 8.79. The van der Waals surface area contributed by atoms with Crippen LogP contribution in [-0.4, -0.2) is 52.0 Å². The highest BCUT2D eigenvalue weighted by atomic mass is 16.3. The number of nitrogens with one attached hydrogen (secondary N) is 2. The smallest absolute Gasteiger partial charge is 0.261 e. The van der Waals surface area contributed by atoms with Crippen molar-refractivity contribution in [1.82, 2.24) is 4.90 Å². The third-order valence-electron chi connectivity index (χ3n) is 6.60. The molecule has 0 saturated carbocycles. The zero-order chi connectivity index (χ0) is 24.3. The lowest BCUT2D eigenvalue weighted by atomic mass is 9.82. The van der Waals surface area contributed by atoms with E-state index in [-0.39, 0.29) is 30.9 Å². The molecule has 0 aromatic heterocycles. The number of aliphatic hydroxyl groups excluding tert-OH is 1. The monoisotopic (exact) mass is 463 g/mol. The number of hydrogen-bond donors (Lipinski definition) is 4. The third kappa shape index (κ3) is 4.47. The van der Waals surface area contributed by atoms with Crippen LogP contribution in [0.25, 0.3) is 0 Å². The molecule has 3 atom stereocenters. The van der Waals surface area contributed by atoms with Crippen molar-refractivity contribution < 1.29 is 24.6 Å². The predicted molar refractivity (Wildman–Crippen MR) is 128 cm³/mol. The quantitative estimate of drug-likeness (QED) is 0.471. The molecule has 1 fully saturated rings. The standard InChI is InChI=1S/C26H29N3O5/c1-17(7-5-11-23(31)29-14-6-10-20(29)16-30)26(34)21-15-19(12-13-22(21)28-25(26)33)27-24(32)18-8-3-2-4-9-18/h2-5,7-9,12-13,15,17,20,30,34H,6,10-11,14,16H2,1H3,(H,27,32)(H,28,33)/b7-5+/t17-,20-,26+/m0/s1. The van der Waals surface area contributed by atoms with Crippen molar-refractivity contribution in [3.63, 3.8) is 0 Å². The van der Waals surface area contributed by atoms with Crippen molar-refractivity contribution in [3.05, 3.63) is 71.8 Å². The van der Waals surface area contributed by atoms with Gasteiger partial charge in [0.1, 0.15) is 0 Å². The largest absolute Gasteiger partial charge is 0.394 e. The highest BCUT2D eigenvalue weighted by Crippen LogP contribution is 2.43. The summed E-state index contributed by atoms with van der Waals surface area (Å²) >= 11 is 0. The number of carbonyl (C=O) groups is 3. The first kappa shape index (κ1) is 23.7. The maximum Gasteiger partial charge on any atom is 0.261 e. The van der Waals surface area contributed by atoms with Crippen LogP contribution >= 0.6 is 0 Å². The van der Waals surface area contributed by atoms with Crippen LogP contribution in [0.2, 0.25) is 0 Å². The minimum atomic E-state index is -1.84. The van der Waals surface area contributed by atoms with Crippen LogP contribution in [0.3, 0.4) is 0 Å². The Morgan fingerprint density at radius 3 is 2.76 bits per heavy atom. The summed E-state index contributed by atoms with van der Waals surface area (Å²) < 4.78 is 0. The van der Waals surface area contributed by atoms with E-state index in [4.69, 9.17) is 0 Å². The molecule has 3 amide bonds. The van der Waals surface area contributed by atoms with Crippen LogP contribution in [0.5, 0.6) is 0 Å². The SMILES string of the molecule is C[C@@H](/C=C/CC(=O)N1CCC[C@H]1CO)[C@]1(O)C(=O)Nc2ccc(NC(=O)c3ccccc3)cc21. The van der Waals surface area contributed by atoms with Crippen LogP contribution in [0, 0.1) is 5.92 Å². The van der Waals surface area contributed by atoms with Crippen molar-refractivity contribution in [2.75, 3.05) is 23.8 Å². The molecule has 0 aliphatic carbocycles. The summed E-state index contributed by atoms with van der Waals surface area (Å²) in [6.07, 6.45) is 5.10. The van der Waals surface area contributed by atoms with E-state index in [2.05, 4.69) is 10.6 Å². The molecule has 4 N–H and O–H groups in total. The van der Waals surface area contributed by atoms with Gasteiger partial charge >= 0.3 is 0 Å². The Hall–Kier alpha value is -3.49. The van der Waals surface area contributed by atoms with Crippen LogP contribution in [-0.2, 0) is 15.2 Å². The first-order valence-corrected chi connectivity index (χ1v) is 11.5. The van der Waals surface area contributed by atoms with E-state index >= 15 is 0 Å². The minimum absolute atomic E-state index is 0.0499. The summed E-state index contributed by atoms with van der Waals surface area (Å²) in [6, 6.07) is 13.5. The third-order valence-corrected chi connectivity index (χ3v) is 6.60. The van der Waals surface area contributed by atoms with Crippen molar-refractivity contribution in [1.29, 1.82) is 0 Å². The second kappa shape index (κ2) is 9.79. The molecular weight excluding hydrogens is 434 g/mol. The van der Waals surface area contributed by atoms with Crippen molar-refractivity contribution in [2.45, 2.75) is 37.8 Å². The van der Waals surface area contributed by atoms with E-state index in [1.165, 1.54) is 0 Å². The Morgan fingerprint density at radius 1 is 1.26 bits per heavy atom. The van der Waals surface area contributed by atoms with Gasteiger partial charge in [-0.2, -0.15) is 0 Å². The Balaban J connectivity index is 1.48. The molecule has 0 spiro atoms. The number of amides is 3. The average molecular weight is 464 g/mol. The molecule has 2 aromatic rings. The van der Waals surface area contributed by atoms with Gasteiger partial charge in [-0.05, 0) is 43.2 Å². The minimum Gasteiger partial charge on any atom is -0.394 e. The molecule has 0 radical (unpaired) electrons. The van der Waals surface area contributed by atoms with E-state index in [0.717, 1.165) is 12.8 Å². The van der Waals surface area contributed by atoms with Crippen LogP contribution < -0.4 is 10.6 Å². The number of fused-ring (bicyclic) bond motifs is 1. The molecule has 8 nitrogen and oxygen atoms in total. The first-order chi connectivity index (χ1) is 16.3. The fourth-order valence-corrected chi connectivity index (χ4v) is 4.61. The zero-order valence-corrected chi connectivity index (χ0v) is 19.0. The number of anilines is 2. The first-order valence-electron chi connectivity index (χ1n) is 11.5. The van der Waals surface area contributed by atoms with Crippen LogP contribution in [0.1, 0.15) is 42.1 Å². The molecule has 34 heavy (non-hydrogen) atoms. The van der Waals surface area contributed by atoms with Crippen molar-refractivity contribution >= 4 is 29.1 Å². The summed E-state index contributed by atoms with van der Waals surface area (Å²) in [7, 11) is 0. The number of likely N-dealkylation sites (tertiary alicyclic amines) is 1. The molecule has 1 saturated heterocycles. The lowest BCUT2D eigenvalue weighted by Crippen LogP contribution is -2.40. The maximum absolute atomic E-state index is 12.8. The van der Waals surface area contributed by atoms with Crippen molar-refractivity contribution in [3.8, 4) is 0 Å². The van der Waals surface area contributed by atoms with Gasteiger partial charge in [-0.1, -0.05) is 37.3 Å². The molecule has 8 heteroatoms. The summed E-state index contributed by atoms with van der Waals surface area (Å²) in [4.78, 5) is 39.5. The van der Waals surface area contributed by atoms with Gasteiger partial charge < -0.3 is 25.7 Å². The van der Waals surface area contributed by atoms with Crippen molar-refractivity contribution in [2.24, 2.45) is 5.92 Å². The predicted octanol–water partition coefficient (Wildman–Crippen LogP) is 2.64. The zero-order valence-electron chi connectivity index (χ0n) is 19.0. The second-order valence-corrected chi connectivity index (χ2v) is 8.79. The van der Waals surface area contributed by atoms with Gasteiger partial charge in [0.2, 0.25) is 5.91 Å². The summed E-state index contributed by atoms with van der Waals surface area (Å²) in [5.41, 5.74) is -0.0483. The molecule has 4 rings (SSSR count). The van der Waals surface area contributed by atoms with Gasteiger partial charge in [-0.3, -0.25) is 14.4 Å². The van der Waals surface area contributed by atoms with Crippen LogP contribution in [0.4, 0.5) is 11.4 Å². The fourth-order valence-electron chi connectivity index (χ4n) is 4.61. The number of benzene rings is 2. The normalized spacial score (nSPS) is 22.5. The van der Waals surface area contributed by atoms with Gasteiger partial charge in [-0.25, -0.2) is 0 Å². The highest BCUT2D eigenvalue weighted by molar-refractivity contribution is 6.07. The average Bonchev–Trinajstić information content (AvgIpc) is 3.43. The van der Waals surface area contributed by atoms with Gasteiger partial charge in [0, 0.05) is 41.4 Å². The topological polar surface area (TPSA) is 119 Å². The van der Waals surface area contributed by atoms with Gasteiger partial charge in [-0.15, -0.1) is 0 Å². The molecule has 0 unspecified atom stereocenters. The molecule has 2 aliphatic rings.